The van der Waals surface area contributed by atoms with Crippen LogP contribution in [0.4, 0.5) is 5.69 Å². The van der Waals surface area contributed by atoms with Crippen LogP contribution in [0.2, 0.25) is 0 Å². The molecule has 0 unspecified atom stereocenters. The van der Waals surface area contributed by atoms with Crippen molar-refractivity contribution in [2.45, 2.75) is 13.5 Å². The van der Waals surface area contributed by atoms with Gasteiger partial charge in [-0.2, -0.15) is 11.8 Å². The maximum absolute atomic E-state index is 4.21. The zero-order valence-electron chi connectivity index (χ0n) is 10.4. The number of pyridine rings is 1. The zero-order valence-corrected chi connectivity index (χ0v) is 11.2. The molecule has 1 aromatic heterocycles. The minimum absolute atomic E-state index is 0.915. The summed E-state index contributed by atoms with van der Waals surface area (Å²) < 4.78 is 0. The van der Waals surface area contributed by atoms with E-state index in [2.05, 4.69) is 41.5 Å². The highest BCUT2D eigenvalue weighted by Crippen LogP contribution is 2.17. The van der Waals surface area contributed by atoms with Gasteiger partial charge in [0.1, 0.15) is 0 Å². The molecule has 1 rings (SSSR count). The Balaban J connectivity index is 2.68. The van der Waals surface area contributed by atoms with Crippen molar-refractivity contribution in [2.24, 2.45) is 0 Å². The molecule has 0 amide bonds. The molecule has 0 radical (unpaired) electrons. The van der Waals surface area contributed by atoms with Crippen LogP contribution in [0, 0.1) is 0 Å². The topological polar surface area (TPSA) is 28.2 Å². The van der Waals surface area contributed by atoms with Gasteiger partial charge in [0.05, 0.1) is 11.9 Å². The van der Waals surface area contributed by atoms with Crippen molar-refractivity contribution in [2.75, 3.05) is 37.0 Å². The third-order valence-electron chi connectivity index (χ3n) is 2.50. The number of hydrogen-bond donors (Lipinski definition) is 1. The summed E-state index contributed by atoms with van der Waals surface area (Å²) in [4.78, 5) is 6.48. The molecule has 0 fully saturated rings. The van der Waals surface area contributed by atoms with Crippen LogP contribution in [0.3, 0.4) is 0 Å². The van der Waals surface area contributed by atoms with Crippen LogP contribution in [0.25, 0.3) is 0 Å². The van der Waals surface area contributed by atoms with Crippen molar-refractivity contribution < 1.29 is 0 Å². The van der Waals surface area contributed by atoms with E-state index in [0.717, 1.165) is 25.4 Å². The van der Waals surface area contributed by atoms with E-state index in [1.807, 2.05) is 24.2 Å². The maximum atomic E-state index is 4.21. The Labute approximate surface area is 103 Å². The quantitative estimate of drug-likeness (QED) is 0.787. The number of anilines is 1. The van der Waals surface area contributed by atoms with E-state index in [0.29, 0.717) is 0 Å². The van der Waals surface area contributed by atoms with Gasteiger partial charge in [0.25, 0.3) is 0 Å². The normalized spacial score (nSPS) is 10.4. The Morgan fingerprint density at radius 1 is 1.50 bits per heavy atom. The molecular weight excluding hydrogens is 218 g/mol. The molecule has 4 heteroatoms. The predicted octanol–water partition coefficient (Wildman–Crippen LogP) is 1.99. The van der Waals surface area contributed by atoms with Gasteiger partial charge in [-0.1, -0.05) is 6.92 Å². The van der Waals surface area contributed by atoms with Gasteiger partial charge in [0.2, 0.25) is 0 Å². The fourth-order valence-electron chi connectivity index (χ4n) is 1.52. The average molecular weight is 239 g/mol. The van der Waals surface area contributed by atoms with Crippen LogP contribution in [0.1, 0.15) is 12.5 Å². The van der Waals surface area contributed by atoms with Crippen molar-refractivity contribution in [3.63, 3.8) is 0 Å². The summed E-state index contributed by atoms with van der Waals surface area (Å²) in [6.45, 7) is 5.10. The summed E-state index contributed by atoms with van der Waals surface area (Å²) in [5.74, 6) is 1.14. The van der Waals surface area contributed by atoms with Crippen molar-refractivity contribution in [3.05, 3.63) is 24.0 Å². The highest BCUT2D eigenvalue weighted by atomic mass is 32.2. The van der Waals surface area contributed by atoms with Gasteiger partial charge in [-0.25, -0.2) is 0 Å². The van der Waals surface area contributed by atoms with E-state index in [1.54, 1.807) is 0 Å². The van der Waals surface area contributed by atoms with E-state index < -0.39 is 0 Å². The molecule has 0 aliphatic carbocycles. The maximum Gasteiger partial charge on any atom is 0.0596 e. The molecule has 1 heterocycles. The Hall–Kier alpha value is -0.740. The summed E-state index contributed by atoms with van der Waals surface area (Å²) in [5, 5.41) is 3.36. The lowest BCUT2D eigenvalue weighted by molar-refractivity contribution is 0.723. The summed E-state index contributed by atoms with van der Waals surface area (Å²) in [6.07, 6.45) is 5.95. The van der Waals surface area contributed by atoms with E-state index in [4.69, 9.17) is 0 Å². The molecule has 1 aromatic rings. The Bertz CT molecular complexity index is 304. The number of aromatic nitrogens is 1. The average Bonchev–Trinajstić information content (AvgIpc) is 2.33. The SMILES string of the molecule is CCNCc1ccncc1N(C)CCSC. The van der Waals surface area contributed by atoms with Gasteiger partial charge in [-0.05, 0) is 24.4 Å². The van der Waals surface area contributed by atoms with Crippen molar-refractivity contribution in [1.82, 2.24) is 10.3 Å². The lowest BCUT2D eigenvalue weighted by atomic mass is 10.2. The molecular formula is C12H21N3S. The van der Waals surface area contributed by atoms with Gasteiger partial charge in [0.15, 0.2) is 0 Å². The van der Waals surface area contributed by atoms with Crippen LogP contribution in [-0.2, 0) is 6.54 Å². The Morgan fingerprint density at radius 3 is 3.00 bits per heavy atom. The number of thioether (sulfide) groups is 1. The number of nitrogens with zero attached hydrogens (tertiary/aromatic N) is 2. The van der Waals surface area contributed by atoms with E-state index in [1.165, 1.54) is 11.3 Å². The van der Waals surface area contributed by atoms with Gasteiger partial charge < -0.3 is 10.2 Å². The van der Waals surface area contributed by atoms with E-state index in [9.17, 15) is 0 Å². The second-order valence-corrected chi connectivity index (χ2v) is 4.68. The number of hydrogen-bond acceptors (Lipinski definition) is 4. The van der Waals surface area contributed by atoms with Gasteiger partial charge in [0, 0.05) is 32.1 Å². The van der Waals surface area contributed by atoms with Crippen molar-refractivity contribution in [3.8, 4) is 0 Å². The standard InChI is InChI=1S/C12H21N3S/c1-4-13-9-11-5-6-14-10-12(11)15(2)7-8-16-3/h5-6,10,13H,4,7-9H2,1-3H3. The highest BCUT2D eigenvalue weighted by molar-refractivity contribution is 7.98. The Kier molecular flexibility index (Phi) is 6.26. The second kappa shape index (κ2) is 7.52. The largest absolute Gasteiger partial charge is 0.372 e. The predicted molar refractivity (Wildman–Crippen MR) is 73.3 cm³/mol. The summed E-state index contributed by atoms with van der Waals surface area (Å²) in [7, 11) is 2.13. The summed E-state index contributed by atoms with van der Waals surface area (Å²) >= 11 is 1.87. The number of rotatable bonds is 7. The zero-order chi connectivity index (χ0) is 11.8. The highest BCUT2D eigenvalue weighted by Gasteiger charge is 2.06. The lowest BCUT2D eigenvalue weighted by Crippen LogP contribution is -2.23. The van der Waals surface area contributed by atoms with Crippen molar-refractivity contribution >= 4 is 17.4 Å². The van der Waals surface area contributed by atoms with Crippen LogP contribution in [0.5, 0.6) is 0 Å². The molecule has 1 N–H and O–H groups in total. The minimum atomic E-state index is 0.915. The molecule has 3 nitrogen and oxygen atoms in total. The smallest absolute Gasteiger partial charge is 0.0596 e. The number of nitrogens with one attached hydrogen (secondary N) is 1. The molecule has 0 aromatic carbocycles. The molecule has 0 saturated carbocycles. The van der Waals surface area contributed by atoms with Gasteiger partial charge >= 0.3 is 0 Å². The first-order valence-corrected chi connectivity index (χ1v) is 7.02. The lowest BCUT2D eigenvalue weighted by Gasteiger charge is -2.21. The van der Waals surface area contributed by atoms with Crippen LogP contribution >= 0.6 is 11.8 Å². The van der Waals surface area contributed by atoms with Gasteiger partial charge in [-0.15, -0.1) is 0 Å². The first kappa shape index (κ1) is 13.3. The molecule has 0 saturated heterocycles. The minimum Gasteiger partial charge on any atom is -0.372 e. The van der Waals surface area contributed by atoms with Crippen LogP contribution in [0.15, 0.2) is 18.5 Å². The molecule has 0 atom stereocenters. The first-order chi connectivity index (χ1) is 7.79. The summed E-state index contributed by atoms with van der Waals surface area (Å²) in [5.41, 5.74) is 2.55. The third-order valence-corrected chi connectivity index (χ3v) is 3.09. The fourth-order valence-corrected chi connectivity index (χ4v) is 1.97. The van der Waals surface area contributed by atoms with Crippen LogP contribution in [-0.4, -0.2) is 37.1 Å². The second-order valence-electron chi connectivity index (χ2n) is 3.70. The van der Waals surface area contributed by atoms with Crippen molar-refractivity contribution in [1.29, 1.82) is 0 Å². The molecule has 0 aliphatic rings. The first-order valence-electron chi connectivity index (χ1n) is 5.63. The van der Waals surface area contributed by atoms with Crippen LogP contribution < -0.4 is 10.2 Å². The molecule has 0 aliphatic heterocycles. The fraction of sp³-hybridized carbons (Fsp3) is 0.583. The molecule has 0 bridgehead atoms. The molecule has 16 heavy (non-hydrogen) atoms. The molecule has 90 valence electrons. The summed E-state index contributed by atoms with van der Waals surface area (Å²) in [6, 6.07) is 2.09. The Morgan fingerprint density at radius 2 is 2.31 bits per heavy atom. The van der Waals surface area contributed by atoms with E-state index in [-0.39, 0.29) is 0 Å². The van der Waals surface area contributed by atoms with Gasteiger partial charge in [-0.3, -0.25) is 4.98 Å². The molecule has 0 spiro atoms. The monoisotopic (exact) mass is 239 g/mol. The third kappa shape index (κ3) is 4.02. The van der Waals surface area contributed by atoms with E-state index >= 15 is 0 Å².